The Kier molecular flexibility index (Phi) is 3.92. The van der Waals surface area contributed by atoms with E-state index in [9.17, 15) is 0 Å². The van der Waals surface area contributed by atoms with E-state index in [2.05, 4.69) is 0 Å². The molecule has 0 unspecified atom stereocenters. The Morgan fingerprint density at radius 3 is 2.64 bits per heavy atom. The van der Waals surface area contributed by atoms with E-state index < -0.39 is 0 Å². The third kappa shape index (κ3) is 3.01. The molecule has 1 aromatic rings. The highest BCUT2D eigenvalue weighted by Gasteiger charge is 2.02. The van der Waals surface area contributed by atoms with Gasteiger partial charge >= 0.3 is 0 Å². The first-order valence-electron chi connectivity index (χ1n) is 4.75. The standard InChI is InChI=1S/C11H17NO2/c1-4-14-11-6-5-10(8-12(3)13)9(2)7-11/h5-7,13H,4,8H2,1-3H3. The first-order valence-corrected chi connectivity index (χ1v) is 4.75. The molecule has 0 atom stereocenters. The molecule has 0 heterocycles. The summed E-state index contributed by atoms with van der Waals surface area (Å²) in [7, 11) is 1.63. The summed E-state index contributed by atoms with van der Waals surface area (Å²) >= 11 is 0. The number of ether oxygens (including phenoxy) is 1. The van der Waals surface area contributed by atoms with Gasteiger partial charge in [0.2, 0.25) is 0 Å². The molecule has 0 radical (unpaired) electrons. The zero-order chi connectivity index (χ0) is 10.6. The molecule has 3 heteroatoms. The van der Waals surface area contributed by atoms with Gasteiger partial charge in [-0.3, -0.25) is 0 Å². The highest BCUT2D eigenvalue weighted by molar-refractivity contribution is 5.34. The minimum Gasteiger partial charge on any atom is -0.494 e. The molecule has 0 fully saturated rings. The van der Waals surface area contributed by atoms with Crippen LogP contribution in [-0.2, 0) is 6.54 Å². The minimum absolute atomic E-state index is 0.540. The molecule has 0 saturated carbocycles. The second kappa shape index (κ2) is 4.98. The van der Waals surface area contributed by atoms with Gasteiger partial charge in [-0.25, -0.2) is 0 Å². The maximum atomic E-state index is 9.10. The molecule has 0 aliphatic rings. The van der Waals surface area contributed by atoms with Crippen LogP contribution in [0.2, 0.25) is 0 Å². The van der Waals surface area contributed by atoms with E-state index in [-0.39, 0.29) is 0 Å². The van der Waals surface area contributed by atoms with Crippen molar-refractivity contribution in [1.82, 2.24) is 5.06 Å². The molecule has 1 aromatic carbocycles. The summed E-state index contributed by atoms with van der Waals surface area (Å²) in [4.78, 5) is 0. The van der Waals surface area contributed by atoms with Crippen molar-refractivity contribution >= 4 is 0 Å². The van der Waals surface area contributed by atoms with Gasteiger partial charge in [0.25, 0.3) is 0 Å². The fourth-order valence-electron chi connectivity index (χ4n) is 1.35. The van der Waals surface area contributed by atoms with Crippen LogP contribution in [0.5, 0.6) is 5.75 Å². The number of benzene rings is 1. The Balaban J connectivity index is 2.79. The zero-order valence-corrected chi connectivity index (χ0v) is 8.95. The maximum absolute atomic E-state index is 9.10. The van der Waals surface area contributed by atoms with Gasteiger partial charge in [-0.1, -0.05) is 6.07 Å². The predicted octanol–water partition coefficient (Wildman–Crippen LogP) is 2.21. The van der Waals surface area contributed by atoms with Crippen molar-refractivity contribution in [3.8, 4) is 5.75 Å². The van der Waals surface area contributed by atoms with Crippen LogP contribution < -0.4 is 4.74 Å². The first kappa shape index (κ1) is 11.0. The summed E-state index contributed by atoms with van der Waals surface area (Å²) in [5.41, 5.74) is 2.25. The summed E-state index contributed by atoms with van der Waals surface area (Å²) in [5, 5.41) is 10.3. The molecule has 0 aliphatic carbocycles. The average molecular weight is 195 g/mol. The van der Waals surface area contributed by atoms with Crippen molar-refractivity contribution in [2.24, 2.45) is 0 Å². The molecule has 3 nitrogen and oxygen atoms in total. The van der Waals surface area contributed by atoms with Crippen molar-refractivity contribution in [2.45, 2.75) is 20.4 Å². The highest BCUT2D eigenvalue weighted by Crippen LogP contribution is 2.17. The summed E-state index contributed by atoms with van der Waals surface area (Å²) < 4.78 is 5.37. The van der Waals surface area contributed by atoms with Gasteiger partial charge in [0.05, 0.1) is 6.61 Å². The fourth-order valence-corrected chi connectivity index (χ4v) is 1.35. The molecule has 0 spiro atoms. The predicted molar refractivity (Wildman–Crippen MR) is 55.6 cm³/mol. The molecule has 0 saturated heterocycles. The lowest BCUT2D eigenvalue weighted by Crippen LogP contribution is -2.12. The molecule has 0 amide bonds. The van der Waals surface area contributed by atoms with Crippen LogP contribution in [0.1, 0.15) is 18.1 Å². The normalized spacial score (nSPS) is 10.6. The average Bonchev–Trinajstić information content (AvgIpc) is 2.10. The van der Waals surface area contributed by atoms with Gasteiger partial charge < -0.3 is 9.94 Å². The Hall–Kier alpha value is -1.06. The van der Waals surface area contributed by atoms with Crippen molar-refractivity contribution in [1.29, 1.82) is 0 Å². The van der Waals surface area contributed by atoms with E-state index in [1.165, 1.54) is 5.06 Å². The quantitative estimate of drug-likeness (QED) is 0.748. The van der Waals surface area contributed by atoms with Crippen molar-refractivity contribution in [3.63, 3.8) is 0 Å². The largest absolute Gasteiger partial charge is 0.494 e. The van der Waals surface area contributed by atoms with Crippen LogP contribution in [0, 0.1) is 6.92 Å². The van der Waals surface area contributed by atoms with Crippen LogP contribution in [0.15, 0.2) is 18.2 Å². The molecular formula is C11H17NO2. The van der Waals surface area contributed by atoms with E-state index >= 15 is 0 Å². The number of rotatable bonds is 4. The fraction of sp³-hybridized carbons (Fsp3) is 0.455. The van der Waals surface area contributed by atoms with E-state index in [0.29, 0.717) is 13.2 Å². The number of nitrogens with zero attached hydrogens (tertiary/aromatic N) is 1. The Bertz CT molecular complexity index is 297. The molecule has 14 heavy (non-hydrogen) atoms. The van der Waals surface area contributed by atoms with Gasteiger partial charge in [-0.05, 0) is 37.1 Å². The van der Waals surface area contributed by atoms with Gasteiger partial charge in [-0.2, -0.15) is 5.06 Å². The smallest absolute Gasteiger partial charge is 0.119 e. The molecule has 1 N–H and O–H groups in total. The lowest BCUT2D eigenvalue weighted by molar-refractivity contribution is -0.0732. The van der Waals surface area contributed by atoms with E-state index in [4.69, 9.17) is 9.94 Å². The van der Waals surface area contributed by atoms with Gasteiger partial charge in [0, 0.05) is 13.6 Å². The van der Waals surface area contributed by atoms with Crippen molar-refractivity contribution < 1.29 is 9.94 Å². The SMILES string of the molecule is CCOc1ccc(CN(C)O)c(C)c1. The number of hydrogen-bond acceptors (Lipinski definition) is 3. The van der Waals surface area contributed by atoms with Crippen molar-refractivity contribution in [2.75, 3.05) is 13.7 Å². The van der Waals surface area contributed by atoms with Crippen LogP contribution in [0.25, 0.3) is 0 Å². The summed E-state index contributed by atoms with van der Waals surface area (Å²) in [6.45, 7) is 5.20. The molecule has 0 bridgehead atoms. The molecule has 0 aromatic heterocycles. The van der Waals surface area contributed by atoms with E-state index in [1.807, 2.05) is 32.0 Å². The molecule has 1 rings (SSSR count). The molecule has 0 aliphatic heterocycles. The lowest BCUT2D eigenvalue weighted by Gasteiger charge is -2.12. The first-order chi connectivity index (χ1) is 6.63. The summed E-state index contributed by atoms with van der Waals surface area (Å²) in [5.74, 6) is 0.884. The minimum atomic E-state index is 0.540. The Labute approximate surface area is 84.9 Å². The number of aryl methyl sites for hydroxylation is 1. The summed E-state index contributed by atoms with van der Waals surface area (Å²) in [6.07, 6.45) is 0. The zero-order valence-electron chi connectivity index (χ0n) is 8.95. The number of hydrogen-bond donors (Lipinski definition) is 1. The monoisotopic (exact) mass is 195 g/mol. The lowest BCUT2D eigenvalue weighted by atomic mass is 10.1. The third-order valence-corrected chi connectivity index (χ3v) is 2.02. The molecule has 78 valence electrons. The third-order valence-electron chi connectivity index (χ3n) is 2.02. The van der Waals surface area contributed by atoms with E-state index in [0.717, 1.165) is 16.9 Å². The Morgan fingerprint density at radius 2 is 2.14 bits per heavy atom. The van der Waals surface area contributed by atoms with Gasteiger partial charge in [-0.15, -0.1) is 0 Å². The second-order valence-electron chi connectivity index (χ2n) is 3.34. The topological polar surface area (TPSA) is 32.7 Å². The Morgan fingerprint density at radius 1 is 1.43 bits per heavy atom. The van der Waals surface area contributed by atoms with E-state index in [1.54, 1.807) is 7.05 Å². The van der Waals surface area contributed by atoms with Crippen LogP contribution in [-0.4, -0.2) is 23.9 Å². The second-order valence-corrected chi connectivity index (χ2v) is 3.34. The van der Waals surface area contributed by atoms with Gasteiger partial charge in [0.1, 0.15) is 5.75 Å². The number of hydroxylamine groups is 2. The molecular weight excluding hydrogens is 178 g/mol. The maximum Gasteiger partial charge on any atom is 0.119 e. The summed E-state index contributed by atoms with van der Waals surface area (Å²) in [6, 6.07) is 5.89. The highest BCUT2D eigenvalue weighted by atomic mass is 16.5. The van der Waals surface area contributed by atoms with Gasteiger partial charge in [0.15, 0.2) is 0 Å². The van der Waals surface area contributed by atoms with Crippen LogP contribution in [0.3, 0.4) is 0 Å². The van der Waals surface area contributed by atoms with Crippen molar-refractivity contribution in [3.05, 3.63) is 29.3 Å². The van der Waals surface area contributed by atoms with Crippen LogP contribution in [0.4, 0.5) is 0 Å². The van der Waals surface area contributed by atoms with Crippen LogP contribution >= 0.6 is 0 Å².